The summed E-state index contributed by atoms with van der Waals surface area (Å²) in [4.78, 5) is 0. The van der Waals surface area contributed by atoms with Gasteiger partial charge in [0.25, 0.3) is 0 Å². The van der Waals surface area contributed by atoms with E-state index in [4.69, 9.17) is 11.6 Å². The van der Waals surface area contributed by atoms with Crippen LogP contribution in [0.2, 0.25) is 0 Å². The highest BCUT2D eigenvalue weighted by Gasteiger charge is 2.30. The molecule has 0 nitrogen and oxygen atoms in total. The van der Waals surface area contributed by atoms with Crippen LogP contribution in [0.25, 0.3) is 0 Å². The summed E-state index contributed by atoms with van der Waals surface area (Å²) in [5, 5.41) is -0.210. The molecule has 60 valence electrons. The highest BCUT2D eigenvalue weighted by molar-refractivity contribution is 6.21. The summed E-state index contributed by atoms with van der Waals surface area (Å²) in [6.45, 7) is 2.03. The monoisotopic (exact) mass is 164 g/mol. The minimum absolute atomic E-state index is 0.210. The zero-order valence-electron chi connectivity index (χ0n) is 6.32. The summed E-state index contributed by atoms with van der Waals surface area (Å²) in [6, 6.07) is 0. The molecule has 1 fully saturated rings. The van der Waals surface area contributed by atoms with Gasteiger partial charge in [-0.05, 0) is 18.8 Å². The largest absolute Gasteiger partial charge is 0.246 e. The summed E-state index contributed by atoms with van der Waals surface area (Å²) < 4.78 is 13.1. The molecule has 1 saturated carbocycles. The molecule has 0 aromatic rings. The molecule has 2 heteroatoms. The second-order valence-electron chi connectivity index (χ2n) is 3.06. The fourth-order valence-electron chi connectivity index (χ4n) is 1.62. The molecule has 0 amide bonds. The minimum Gasteiger partial charge on any atom is -0.246 e. The number of alkyl halides is 2. The van der Waals surface area contributed by atoms with E-state index in [0.717, 1.165) is 25.7 Å². The van der Waals surface area contributed by atoms with Crippen molar-refractivity contribution in [2.45, 2.75) is 44.2 Å². The maximum Gasteiger partial charge on any atom is 0.119 e. The molecule has 2 unspecified atom stereocenters. The van der Waals surface area contributed by atoms with Gasteiger partial charge < -0.3 is 0 Å². The van der Waals surface area contributed by atoms with Crippen LogP contribution in [0.15, 0.2) is 0 Å². The first-order valence-electron chi connectivity index (χ1n) is 4.03. The van der Waals surface area contributed by atoms with Gasteiger partial charge in [0.1, 0.15) is 6.17 Å². The first kappa shape index (κ1) is 8.32. The third-order valence-electron chi connectivity index (χ3n) is 2.38. The number of rotatable bonds is 1. The van der Waals surface area contributed by atoms with Crippen molar-refractivity contribution in [3.63, 3.8) is 0 Å². The summed E-state index contributed by atoms with van der Waals surface area (Å²) in [7, 11) is 0. The Kier molecular flexibility index (Phi) is 2.96. The van der Waals surface area contributed by atoms with Gasteiger partial charge in [0.05, 0.1) is 5.38 Å². The Bertz CT molecular complexity index is 105. The molecule has 3 atom stereocenters. The van der Waals surface area contributed by atoms with Gasteiger partial charge >= 0.3 is 0 Å². The van der Waals surface area contributed by atoms with E-state index in [1.54, 1.807) is 0 Å². The van der Waals surface area contributed by atoms with Gasteiger partial charge in [0.2, 0.25) is 0 Å². The van der Waals surface area contributed by atoms with Crippen LogP contribution in [-0.4, -0.2) is 11.5 Å². The van der Waals surface area contributed by atoms with Gasteiger partial charge in [0.15, 0.2) is 0 Å². The highest BCUT2D eigenvalue weighted by Crippen LogP contribution is 2.32. The zero-order chi connectivity index (χ0) is 7.56. The van der Waals surface area contributed by atoms with Crippen molar-refractivity contribution >= 4 is 11.6 Å². The van der Waals surface area contributed by atoms with E-state index in [0.29, 0.717) is 0 Å². The van der Waals surface area contributed by atoms with E-state index in [9.17, 15) is 4.39 Å². The van der Waals surface area contributed by atoms with E-state index in [2.05, 4.69) is 0 Å². The van der Waals surface area contributed by atoms with Crippen LogP contribution in [0.1, 0.15) is 32.6 Å². The maximum absolute atomic E-state index is 13.1. The quantitative estimate of drug-likeness (QED) is 0.523. The highest BCUT2D eigenvalue weighted by atomic mass is 35.5. The molecule has 0 aliphatic heterocycles. The van der Waals surface area contributed by atoms with Crippen molar-refractivity contribution in [2.24, 2.45) is 5.92 Å². The standard InChI is InChI=1S/C8H14ClF/c1-2-6-4-3-5-7(9)8(6)10/h6-8H,2-5H2,1H3/t6?,7-,8?/m0/s1. The molecule has 1 aliphatic carbocycles. The lowest BCUT2D eigenvalue weighted by Gasteiger charge is -2.28. The normalized spacial score (nSPS) is 41.7. The van der Waals surface area contributed by atoms with Crippen molar-refractivity contribution in [1.82, 2.24) is 0 Å². The first-order valence-corrected chi connectivity index (χ1v) is 4.47. The lowest BCUT2D eigenvalue weighted by atomic mass is 9.85. The summed E-state index contributed by atoms with van der Waals surface area (Å²) >= 11 is 5.77. The van der Waals surface area contributed by atoms with Crippen molar-refractivity contribution < 1.29 is 4.39 Å². The molecular formula is C8H14ClF. The molecule has 0 bridgehead atoms. The maximum atomic E-state index is 13.1. The van der Waals surface area contributed by atoms with Crippen LogP contribution in [0.5, 0.6) is 0 Å². The number of hydrogen-bond acceptors (Lipinski definition) is 0. The zero-order valence-corrected chi connectivity index (χ0v) is 7.07. The van der Waals surface area contributed by atoms with Gasteiger partial charge in [-0.3, -0.25) is 0 Å². The lowest BCUT2D eigenvalue weighted by molar-refractivity contribution is 0.166. The Morgan fingerprint density at radius 1 is 1.50 bits per heavy atom. The second-order valence-corrected chi connectivity index (χ2v) is 3.62. The van der Waals surface area contributed by atoms with E-state index in [1.165, 1.54) is 0 Å². The van der Waals surface area contributed by atoms with Gasteiger partial charge in [0, 0.05) is 0 Å². The molecule has 0 aromatic carbocycles. The topological polar surface area (TPSA) is 0 Å². The lowest BCUT2D eigenvalue weighted by Crippen LogP contribution is -2.29. The van der Waals surface area contributed by atoms with Crippen molar-refractivity contribution in [2.75, 3.05) is 0 Å². The Morgan fingerprint density at radius 2 is 2.20 bits per heavy atom. The predicted octanol–water partition coefficient (Wildman–Crippen LogP) is 3.14. The molecule has 0 N–H and O–H groups in total. The van der Waals surface area contributed by atoms with E-state index in [1.807, 2.05) is 6.92 Å². The van der Waals surface area contributed by atoms with Crippen LogP contribution < -0.4 is 0 Å². The van der Waals surface area contributed by atoms with Crippen LogP contribution in [0.3, 0.4) is 0 Å². The van der Waals surface area contributed by atoms with E-state index >= 15 is 0 Å². The Labute approximate surface area is 66.8 Å². The van der Waals surface area contributed by atoms with Gasteiger partial charge in [-0.15, -0.1) is 11.6 Å². The van der Waals surface area contributed by atoms with Crippen LogP contribution in [0, 0.1) is 5.92 Å². The SMILES string of the molecule is CCC1CCC[C@H](Cl)C1F. The molecule has 1 rings (SSSR count). The number of hydrogen-bond donors (Lipinski definition) is 0. The van der Waals surface area contributed by atoms with Crippen molar-refractivity contribution in [3.05, 3.63) is 0 Å². The van der Waals surface area contributed by atoms with Gasteiger partial charge in [-0.1, -0.05) is 19.8 Å². The molecule has 10 heavy (non-hydrogen) atoms. The third kappa shape index (κ3) is 1.63. The Balaban J connectivity index is 2.42. The average Bonchev–Trinajstić information content (AvgIpc) is 1.95. The minimum atomic E-state index is -0.750. The molecular weight excluding hydrogens is 151 g/mol. The Hall–Kier alpha value is 0.220. The van der Waals surface area contributed by atoms with Crippen molar-refractivity contribution in [3.8, 4) is 0 Å². The fraction of sp³-hybridized carbons (Fsp3) is 1.00. The Morgan fingerprint density at radius 3 is 2.70 bits per heavy atom. The molecule has 1 aliphatic rings. The first-order chi connectivity index (χ1) is 4.75. The van der Waals surface area contributed by atoms with Crippen LogP contribution in [-0.2, 0) is 0 Å². The number of halogens is 2. The average molecular weight is 165 g/mol. The van der Waals surface area contributed by atoms with Crippen LogP contribution >= 0.6 is 11.6 Å². The van der Waals surface area contributed by atoms with Gasteiger partial charge in [-0.2, -0.15) is 0 Å². The second kappa shape index (κ2) is 3.56. The molecule has 0 saturated heterocycles. The summed E-state index contributed by atoms with van der Waals surface area (Å²) in [5.74, 6) is 0.233. The van der Waals surface area contributed by atoms with Gasteiger partial charge in [-0.25, -0.2) is 4.39 Å². The third-order valence-corrected chi connectivity index (χ3v) is 2.83. The van der Waals surface area contributed by atoms with Crippen molar-refractivity contribution in [1.29, 1.82) is 0 Å². The van der Waals surface area contributed by atoms with E-state index in [-0.39, 0.29) is 11.3 Å². The fourth-order valence-corrected chi connectivity index (χ4v) is 1.98. The molecule has 0 aromatic heterocycles. The summed E-state index contributed by atoms with van der Waals surface area (Å²) in [5.41, 5.74) is 0. The molecule has 0 heterocycles. The van der Waals surface area contributed by atoms with E-state index < -0.39 is 6.17 Å². The molecule has 0 radical (unpaired) electrons. The predicted molar refractivity (Wildman–Crippen MR) is 42.2 cm³/mol. The smallest absolute Gasteiger partial charge is 0.119 e. The molecule has 0 spiro atoms. The summed E-state index contributed by atoms with van der Waals surface area (Å²) in [6.07, 6.45) is 3.18. The van der Waals surface area contributed by atoms with Crippen LogP contribution in [0.4, 0.5) is 4.39 Å².